The highest BCUT2D eigenvalue weighted by molar-refractivity contribution is 5.98. The molecule has 1 aromatic carbocycles. The van der Waals surface area contributed by atoms with E-state index in [9.17, 15) is 18.8 Å². The van der Waals surface area contributed by atoms with Gasteiger partial charge in [0.1, 0.15) is 12.4 Å². The number of nitrogens with zero attached hydrogens (tertiary/aromatic N) is 2. The van der Waals surface area contributed by atoms with E-state index in [1.807, 2.05) is 6.92 Å². The second-order valence-electron chi connectivity index (χ2n) is 8.60. The number of aromatic nitrogens is 2. The molecule has 0 bridgehead atoms. The first-order chi connectivity index (χ1) is 16.1. The minimum absolute atomic E-state index is 0.0471. The molecule has 10 heteroatoms. The summed E-state index contributed by atoms with van der Waals surface area (Å²) in [6.07, 6.45) is 0.0471. The van der Waals surface area contributed by atoms with Gasteiger partial charge in [0, 0.05) is 33.8 Å². The molecule has 0 fully saturated rings. The number of anilines is 1. The smallest absolute Gasteiger partial charge is 0.355 e. The third kappa shape index (κ3) is 2.75. The van der Waals surface area contributed by atoms with Crippen molar-refractivity contribution < 1.29 is 23.5 Å². The quantitative estimate of drug-likeness (QED) is 0.345. The Labute approximate surface area is 193 Å². The highest BCUT2D eigenvalue weighted by atomic mass is 19.1. The van der Waals surface area contributed by atoms with Gasteiger partial charge in [-0.15, -0.1) is 0 Å². The molecule has 2 aromatic heterocycles. The first-order valence-electron chi connectivity index (χ1n) is 10.9. The van der Waals surface area contributed by atoms with Gasteiger partial charge < -0.3 is 25.5 Å². The van der Waals surface area contributed by atoms with E-state index in [4.69, 9.17) is 20.9 Å². The van der Waals surface area contributed by atoms with E-state index >= 15 is 0 Å². The molecule has 0 amide bonds. The molecule has 9 nitrogen and oxygen atoms in total. The average Bonchev–Trinajstić information content (AvgIpc) is 3.18. The van der Waals surface area contributed by atoms with Crippen LogP contribution < -0.4 is 17.0 Å². The summed E-state index contributed by atoms with van der Waals surface area (Å²) >= 11 is 0. The Balaban J connectivity index is 1.81. The van der Waals surface area contributed by atoms with Crippen LogP contribution in [-0.4, -0.2) is 28.0 Å². The summed E-state index contributed by atoms with van der Waals surface area (Å²) in [5, 5.41) is 0.640. The summed E-state index contributed by atoms with van der Waals surface area (Å²) in [6.45, 7) is 4.68. The van der Waals surface area contributed by atoms with E-state index in [1.165, 1.54) is 10.6 Å². The van der Waals surface area contributed by atoms with Crippen molar-refractivity contribution in [1.82, 2.24) is 9.55 Å². The van der Waals surface area contributed by atoms with Crippen LogP contribution in [0.1, 0.15) is 41.2 Å². The Morgan fingerprint density at radius 3 is 2.68 bits per heavy atom. The van der Waals surface area contributed by atoms with Crippen LogP contribution in [0.15, 0.2) is 16.9 Å². The largest absolute Gasteiger partial charge is 0.457 e. The summed E-state index contributed by atoms with van der Waals surface area (Å²) < 4.78 is 26.7. The van der Waals surface area contributed by atoms with E-state index in [1.54, 1.807) is 19.9 Å². The number of benzene rings is 1. The number of hydrogen-bond acceptors (Lipinski definition) is 8. The van der Waals surface area contributed by atoms with Crippen molar-refractivity contribution in [2.75, 3.05) is 12.3 Å². The number of nitrogen functional groups attached to an aromatic ring is 1. The van der Waals surface area contributed by atoms with Gasteiger partial charge in [-0.05, 0) is 31.9 Å². The van der Waals surface area contributed by atoms with Gasteiger partial charge in [0.25, 0.3) is 5.56 Å². The number of rotatable bonds is 3. The molecule has 4 heterocycles. The van der Waals surface area contributed by atoms with Crippen molar-refractivity contribution in [1.29, 1.82) is 0 Å². The van der Waals surface area contributed by atoms with Crippen LogP contribution in [0.25, 0.3) is 22.3 Å². The topological polar surface area (TPSA) is 140 Å². The zero-order valence-corrected chi connectivity index (χ0v) is 19.0. The molecule has 0 unspecified atom stereocenters. The lowest BCUT2D eigenvalue weighted by Crippen LogP contribution is -2.48. The number of nitrogens with two attached hydrogens (primary N) is 2. The molecular formula is C24H23FN4O5. The fourth-order valence-corrected chi connectivity index (χ4v) is 4.96. The number of esters is 2. The molecule has 0 spiro atoms. The van der Waals surface area contributed by atoms with Crippen LogP contribution in [0, 0.1) is 19.7 Å². The van der Waals surface area contributed by atoms with E-state index in [-0.39, 0.29) is 36.3 Å². The number of carbonyl (C=O) groups is 2. The molecule has 2 aliphatic rings. The molecular weight excluding hydrogens is 443 g/mol. The van der Waals surface area contributed by atoms with Gasteiger partial charge in [0.2, 0.25) is 5.60 Å². The summed E-state index contributed by atoms with van der Waals surface area (Å²) in [5.41, 5.74) is 13.5. The maximum atomic E-state index is 14.4. The van der Waals surface area contributed by atoms with E-state index in [0.717, 1.165) is 11.1 Å². The van der Waals surface area contributed by atoms with Crippen LogP contribution in [0.5, 0.6) is 0 Å². The number of cyclic esters (lactones) is 1. The van der Waals surface area contributed by atoms with E-state index in [2.05, 4.69) is 4.98 Å². The number of aryl methyl sites for hydroxylation is 1. The Kier molecular flexibility index (Phi) is 4.77. The number of pyridine rings is 2. The van der Waals surface area contributed by atoms with Gasteiger partial charge >= 0.3 is 11.9 Å². The van der Waals surface area contributed by atoms with Gasteiger partial charge in [-0.3, -0.25) is 9.59 Å². The summed E-state index contributed by atoms with van der Waals surface area (Å²) in [7, 11) is 0. The maximum Gasteiger partial charge on any atom is 0.355 e. The third-order valence-electron chi connectivity index (χ3n) is 6.92. The average molecular weight is 466 g/mol. The predicted molar refractivity (Wildman–Crippen MR) is 121 cm³/mol. The molecule has 176 valence electrons. The van der Waals surface area contributed by atoms with Crippen molar-refractivity contribution in [3.05, 3.63) is 56.1 Å². The Hall–Kier alpha value is -3.79. The highest BCUT2D eigenvalue weighted by Crippen LogP contribution is 2.42. The van der Waals surface area contributed by atoms with Gasteiger partial charge in [-0.2, -0.15) is 0 Å². The van der Waals surface area contributed by atoms with Gasteiger partial charge in [-0.25, -0.2) is 14.2 Å². The molecule has 5 rings (SSSR count). The lowest BCUT2D eigenvalue weighted by atomic mass is 9.85. The van der Waals surface area contributed by atoms with E-state index in [0.29, 0.717) is 33.5 Å². The lowest BCUT2D eigenvalue weighted by Gasteiger charge is -2.35. The van der Waals surface area contributed by atoms with Crippen molar-refractivity contribution >= 4 is 28.5 Å². The monoisotopic (exact) mass is 466 g/mol. The molecule has 1 atom stereocenters. The molecule has 0 saturated carbocycles. The second-order valence-corrected chi connectivity index (χ2v) is 8.60. The van der Waals surface area contributed by atoms with Gasteiger partial charge in [0.05, 0.1) is 35.6 Å². The fourth-order valence-electron chi connectivity index (χ4n) is 4.96. The lowest BCUT2D eigenvalue weighted by molar-refractivity contribution is -0.188. The third-order valence-corrected chi connectivity index (χ3v) is 6.92. The Morgan fingerprint density at radius 2 is 2.00 bits per heavy atom. The van der Waals surface area contributed by atoms with Gasteiger partial charge in [-0.1, -0.05) is 6.92 Å². The number of ether oxygens (including phenoxy) is 2. The zero-order valence-electron chi connectivity index (χ0n) is 19.0. The van der Waals surface area contributed by atoms with Crippen LogP contribution in [0.2, 0.25) is 0 Å². The normalized spacial score (nSPS) is 18.3. The highest BCUT2D eigenvalue weighted by Gasteiger charge is 2.50. The SMILES string of the molecule is CC[C@@]1(OC(=O)CN)C(=O)OCc2c1cc1n(c2=O)Cc2c-1nc1cc(F)c(C)c(N)c1c2C. The molecule has 0 saturated heterocycles. The maximum absolute atomic E-state index is 14.4. The molecule has 3 aromatic rings. The van der Waals surface area contributed by atoms with Crippen molar-refractivity contribution in [2.45, 2.75) is 45.9 Å². The second kappa shape index (κ2) is 7.36. The molecule has 0 radical (unpaired) electrons. The first-order valence-corrected chi connectivity index (χ1v) is 10.9. The molecule has 2 aliphatic heterocycles. The summed E-state index contributed by atoms with van der Waals surface area (Å²) in [6, 6.07) is 2.96. The van der Waals surface area contributed by atoms with Crippen LogP contribution in [-0.2, 0) is 37.8 Å². The molecule has 34 heavy (non-hydrogen) atoms. The number of halogens is 1. The van der Waals surface area contributed by atoms with Crippen molar-refractivity contribution in [3.63, 3.8) is 0 Å². The van der Waals surface area contributed by atoms with Gasteiger partial charge in [0.15, 0.2) is 0 Å². The fraction of sp³-hybridized carbons (Fsp3) is 0.333. The summed E-state index contributed by atoms with van der Waals surface area (Å²) in [5.74, 6) is -2.03. The van der Waals surface area contributed by atoms with Crippen molar-refractivity contribution in [2.24, 2.45) is 5.73 Å². The first kappa shape index (κ1) is 22.0. The molecule has 0 aliphatic carbocycles. The van der Waals surface area contributed by atoms with Crippen LogP contribution >= 0.6 is 0 Å². The number of hydrogen-bond donors (Lipinski definition) is 2. The summed E-state index contributed by atoms with van der Waals surface area (Å²) in [4.78, 5) is 43.1. The standard InChI is InChI=1S/C24H23FN4O5/c1-4-24(34-18(30)7-26)14-5-17-21-12(8-29(17)22(31)13(14)9-33-23(24)32)10(2)19-16(28-21)6-15(25)11(3)20(19)27/h5-6H,4,7-9,26-27H2,1-3H3/t24-/m0/s1. The minimum Gasteiger partial charge on any atom is -0.457 e. The zero-order chi connectivity index (χ0) is 24.5. The molecule has 4 N–H and O–H groups in total. The Morgan fingerprint density at radius 1 is 1.26 bits per heavy atom. The number of carbonyl (C=O) groups excluding carboxylic acids is 2. The predicted octanol–water partition coefficient (Wildman–Crippen LogP) is 1.93. The van der Waals surface area contributed by atoms with Crippen molar-refractivity contribution in [3.8, 4) is 11.4 Å². The van der Waals surface area contributed by atoms with Crippen LogP contribution in [0.3, 0.4) is 0 Å². The van der Waals surface area contributed by atoms with E-state index < -0.39 is 29.9 Å². The number of fused-ring (bicyclic) bond motifs is 5. The Bertz CT molecular complexity index is 1500. The minimum atomic E-state index is -1.79. The van der Waals surface area contributed by atoms with Crippen LogP contribution in [0.4, 0.5) is 10.1 Å².